The van der Waals surface area contributed by atoms with E-state index in [0.29, 0.717) is 19.1 Å². The Balaban J connectivity index is 3.34. The second kappa shape index (κ2) is 23.6. The van der Waals surface area contributed by atoms with E-state index < -0.39 is 0 Å². The Hall–Kier alpha value is -1.10. The Labute approximate surface area is 192 Å². The van der Waals surface area contributed by atoms with Crippen molar-refractivity contribution >= 4 is 11.9 Å². The van der Waals surface area contributed by atoms with Crippen molar-refractivity contribution in [3.63, 3.8) is 0 Å². The van der Waals surface area contributed by atoms with Crippen LogP contribution in [-0.2, 0) is 23.8 Å². The number of ether oxygens (including phenoxy) is 3. The molecule has 0 aliphatic heterocycles. The highest BCUT2D eigenvalue weighted by Gasteiger charge is 2.10. The summed E-state index contributed by atoms with van der Waals surface area (Å²) in [5.74, 6) is -0.167. The van der Waals surface area contributed by atoms with Gasteiger partial charge >= 0.3 is 11.9 Å². The third kappa shape index (κ3) is 23.4. The van der Waals surface area contributed by atoms with E-state index in [1.165, 1.54) is 70.6 Å². The summed E-state index contributed by atoms with van der Waals surface area (Å²) in [6.07, 6.45) is 18.8. The number of hydrogen-bond acceptors (Lipinski definition) is 5. The third-order valence-corrected chi connectivity index (χ3v) is 5.73. The second-order valence-corrected chi connectivity index (χ2v) is 8.86. The van der Waals surface area contributed by atoms with E-state index in [-0.39, 0.29) is 24.8 Å². The average molecular weight is 443 g/mol. The van der Waals surface area contributed by atoms with Crippen molar-refractivity contribution in [1.29, 1.82) is 0 Å². The first-order valence-corrected chi connectivity index (χ1v) is 12.9. The first-order chi connectivity index (χ1) is 15.1. The van der Waals surface area contributed by atoms with Crippen LogP contribution in [0.4, 0.5) is 0 Å². The minimum Gasteiger partial charge on any atom is -0.466 e. The van der Waals surface area contributed by atoms with Gasteiger partial charge in [-0.3, -0.25) is 9.59 Å². The zero-order valence-corrected chi connectivity index (χ0v) is 20.8. The van der Waals surface area contributed by atoms with Crippen LogP contribution in [0.3, 0.4) is 0 Å². The van der Waals surface area contributed by atoms with Crippen LogP contribution in [0.2, 0.25) is 0 Å². The van der Waals surface area contributed by atoms with Crippen LogP contribution in [0.1, 0.15) is 123 Å². The van der Waals surface area contributed by atoms with Gasteiger partial charge in [0.1, 0.15) is 0 Å². The average Bonchev–Trinajstić information content (AvgIpc) is 2.76. The monoisotopic (exact) mass is 442 g/mol. The summed E-state index contributed by atoms with van der Waals surface area (Å²) in [5, 5.41) is 0. The molecule has 5 nitrogen and oxygen atoms in total. The van der Waals surface area contributed by atoms with Gasteiger partial charge in [0.15, 0.2) is 0 Å². The van der Waals surface area contributed by atoms with Crippen LogP contribution in [0.15, 0.2) is 0 Å². The van der Waals surface area contributed by atoms with Crippen molar-refractivity contribution in [2.24, 2.45) is 5.92 Å². The van der Waals surface area contributed by atoms with Gasteiger partial charge in [0.05, 0.1) is 26.1 Å². The topological polar surface area (TPSA) is 61.8 Å². The molecule has 0 amide bonds. The molecule has 0 aromatic rings. The third-order valence-electron chi connectivity index (χ3n) is 5.73. The van der Waals surface area contributed by atoms with E-state index in [4.69, 9.17) is 14.2 Å². The lowest BCUT2D eigenvalue weighted by Gasteiger charge is -2.11. The number of unbranched alkanes of at least 4 members (excludes halogenated alkanes) is 12. The van der Waals surface area contributed by atoms with E-state index in [9.17, 15) is 9.59 Å². The number of carbonyl (C=O) groups is 2. The fourth-order valence-electron chi connectivity index (χ4n) is 3.49. The van der Waals surface area contributed by atoms with Crippen molar-refractivity contribution in [1.82, 2.24) is 0 Å². The summed E-state index contributed by atoms with van der Waals surface area (Å²) in [7, 11) is 1.69. The molecular weight excluding hydrogens is 392 g/mol. The van der Waals surface area contributed by atoms with Crippen LogP contribution in [-0.4, -0.2) is 38.9 Å². The maximum absolute atomic E-state index is 11.7. The number of esters is 2. The van der Waals surface area contributed by atoms with E-state index >= 15 is 0 Å². The van der Waals surface area contributed by atoms with Crippen molar-refractivity contribution in [3.05, 3.63) is 0 Å². The smallest absolute Gasteiger partial charge is 0.306 e. The second-order valence-electron chi connectivity index (χ2n) is 8.86. The minimum absolute atomic E-state index is 0.101. The molecule has 0 saturated carbocycles. The maximum atomic E-state index is 11.7. The summed E-state index contributed by atoms with van der Waals surface area (Å²) in [4.78, 5) is 23.4. The molecule has 5 heteroatoms. The van der Waals surface area contributed by atoms with Gasteiger partial charge in [0.25, 0.3) is 0 Å². The van der Waals surface area contributed by atoms with Crippen LogP contribution in [0.5, 0.6) is 0 Å². The molecule has 0 aromatic carbocycles. The van der Waals surface area contributed by atoms with Crippen molar-refractivity contribution in [3.8, 4) is 0 Å². The lowest BCUT2D eigenvalue weighted by molar-refractivity contribution is -0.150. The summed E-state index contributed by atoms with van der Waals surface area (Å²) in [6, 6.07) is 0. The Morgan fingerprint density at radius 2 is 1.03 bits per heavy atom. The van der Waals surface area contributed by atoms with Crippen LogP contribution < -0.4 is 0 Å². The number of methoxy groups -OCH3 is 1. The molecule has 0 radical (unpaired) electrons. The van der Waals surface area contributed by atoms with Gasteiger partial charge < -0.3 is 14.2 Å². The largest absolute Gasteiger partial charge is 0.466 e. The van der Waals surface area contributed by atoms with Gasteiger partial charge in [-0.15, -0.1) is 0 Å². The normalized spacial score (nSPS) is 12.0. The van der Waals surface area contributed by atoms with Gasteiger partial charge in [-0.1, -0.05) is 90.9 Å². The van der Waals surface area contributed by atoms with Gasteiger partial charge in [0, 0.05) is 13.7 Å². The Kier molecular flexibility index (Phi) is 22.7. The molecule has 1 unspecified atom stereocenters. The SMILES string of the molecule is CCCCCCCCCCCCCCCOC(=O)CCC(=O)OCCC(C)CCOC. The maximum Gasteiger partial charge on any atom is 0.306 e. The van der Waals surface area contributed by atoms with Gasteiger partial charge in [-0.25, -0.2) is 0 Å². The van der Waals surface area contributed by atoms with Crippen molar-refractivity contribution < 1.29 is 23.8 Å². The van der Waals surface area contributed by atoms with Gasteiger partial charge in [-0.05, 0) is 25.2 Å². The summed E-state index contributed by atoms with van der Waals surface area (Å²) >= 11 is 0. The predicted octanol–water partition coefficient (Wildman–Crippen LogP) is 7.01. The molecule has 1 atom stereocenters. The van der Waals surface area contributed by atoms with E-state index in [0.717, 1.165) is 32.3 Å². The van der Waals surface area contributed by atoms with Crippen molar-refractivity contribution in [2.45, 2.75) is 123 Å². The first-order valence-electron chi connectivity index (χ1n) is 12.9. The molecule has 0 aliphatic carbocycles. The van der Waals surface area contributed by atoms with Gasteiger partial charge in [0.2, 0.25) is 0 Å². The first kappa shape index (κ1) is 29.9. The standard InChI is InChI=1S/C26H50O5/c1-4-5-6-7-8-9-10-11-12-13-14-15-16-21-30-25(27)17-18-26(28)31-23-20-24(2)19-22-29-3/h24H,4-23H2,1-3H3. The number of carbonyl (C=O) groups excluding carboxylic acids is 2. The fraction of sp³-hybridized carbons (Fsp3) is 0.923. The molecule has 184 valence electrons. The Bertz CT molecular complexity index is 411. The minimum atomic E-state index is -0.322. The molecule has 0 spiro atoms. The molecule has 0 fully saturated rings. The predicted molar refractivity (Wildman–Crippen MR) is 127 cm³/mol. The number of hydrogen-bond donors (Lipinski definition) is 0. The Morgan fingerprint density at radius 1 is 0.613 bits per heavy atom. The lowest BCUT2D eigenvalue weighted by atomic mass is 10.0. The number of rotatable bonds is 23. The molecule has 31 heavy (non-hydrogen) atoms. The molecule has 0 rings (SSSR count). The quantitative estimate of drug-likeness (QED) is 0.126. The van der Waals surface area contributed by atoms with E-state index in [1.807, 2.05) is 0 Å². The molecule has 0 heterocycles. The zero-order chi connectivity index (χ0) is 23.0. The molecule has 0 N–H and O–H groups in total. The van der Waals surface area contributed by atoms with E-state index in [2.05, 4.69) is 13.8 Å². The molecule has 0 bridgehead atoms. The highest BCUT2D eigenvalue weighted by atomic mass is 16.5. The van der Waals surface area contributed by atoms with Crippen LogP contribution >= 0.6 is 0 Å². The Morgan fingerprint density at radius 3 is 1.52 bits per heavy atom. The molecular formula is C26H50O5. The lowest BCUT2D eigenvalue weighted by Crippen LogP contribution is -2.13. The molecule has 0 saturated heterocycles. The van der Waals surface area contributed by atoms with Gasteiger partial charge in [-0.2, -0.15) is 0 Å². The van der Waals surface area contributed by atoms with Crippen LogP contribution in [0, 0.1) is 5.92 Å². The summed E-state index contributed by atoms with van der Waals surface area (Å²) in [5.41, 5.74) is 0. The fourth-order valence-corrected chi connectivity index (χ4v) is 3.49. The highest BCUT2D eigenvalue weighted by Crippen LogP contribution is 2.12. The summed E-state index contributed by atoms with van der Waals surface area (Å²) in [6.45, 7) is 5.96. The van der Waals surface area contributed by atoms with Crippen LogP contribution in [0.25, 0.3) is 0 Å². The zero-order valence-electron chi connectivity index (χ0n) is 20.8. The van der Waals surface area contributed by atoms with Crippen molar-refractivity contribution in [2.75, 3.05) is 26.9 Å². The highest BCUT2D eigenvalue weighted by molar-refractivity contribution is 5.77. The summed E-state index contributed by atoms with van der Waals surface area (Å²) < 4.78 is 15.4. The molecule has 0 aromatic heterocycles. The van der Waals surface area contributed by atoms with E-state index in [1.54, 1.807) is 7.11 Å². The molecule has 0 aliphatic rings.